The van der Waals surface area contributed by atoms with Crippen LogP contribution in [-0.4, -0.2) is 26.8 Å². The van der Waals surface area contributed by atoms with Crippen molar-refractivity contribution in [2.24, 2.45) is 0 Å². The number of rotatable bonds is 5. The Balaban J connectivity index is 2.91. The minimum Gasteiger partial charge on any atom is -0.398 e. The highest BCUT2D eigenvalue weighted by molar-refractivity contribution is 5.59. The summed E-state index contributed by atoms with van der Waals surface area (Å²) in [6.07, 6.45) is 0.339. The van der Waals surface area contributed by atoms with Gasteiger partial charge in [0.15, 0.2) is 0 Å². The summed E-state index contributed by atoms with van der Waals surface area (Å²) in [7, 11) is 3.69. The van der Waals surface area contributed by atoms with E-state index in [0.717, 1.165) is 11.3 Å². The Hall–Kier alpha value is -1.73. The lowest BCUT2D eigenvalue weighted by molar-refractivity contribution is 0.183. The number of likely N-dealkylation sites (N-methyl/N-ethyl adjacent to an activating group) is 1. The van der Waals surface area contributed by atoms with Gasteiger partial charge in [-0.2, -0.15) is 5.26 Å². The number of anilines is 2. The Bertz CT molecular complexity index is 412. The molecule has 0 radical (unpaired) electrons. The van der Waals surface area contributed by atoms with E-state index in [1.54, 1.807) is 7.11 Å². The van der Waals surface area contributed by atoms with Crippen molar-refractivity contribution in [1.82, 2.24) is 0 Å². The Morgan fingerprint density at radius 2 is 2.24 bits per heavy atom. The fourth-order valence-electron chi connectivity index (χ4n) is 1.66. The number of hydrogen-bond donors (Lipinski definition) is 1. The van der Waals surface area contributed by atoms with E-state index in [4.69, 9.17) is 15.7 Å². The summed E-state index contributed by atoms with van der Waals surface area (Å²) < 4.78 is 5.13. The quantitative estimate of drug-likeness (QED) is 0.788. The summed E-state index contributed by atoms with van der Waals surface area (Å²) in [4.78, 5) is 2.11. The van der Waals surface area contributed by atoms with Crippen LogP contribution in [0.15, 0.2) is 18.2 Å². The normalized spacial score (nSPS) is 11.9. The molecule has 1 aromatic carbocycles. The molecular formula is C13H19N3O. The van der Waals surface area contributed by atoms with Gasteiger partial charge in [-0.25, -0.2) is 0 Å². The number of nitrogen functional groups attached to an aromatic ring is 1. The van der Waals surface area contributed by atoms with Crippen LogP contribution in [0, 0.1) is 11.3 Å². The molecule has 0 bridgehead atoms. The molecule has 0 amide bonds. The molecule has 0 spiro atoms. The van der Waals surface area contributed by atoms with Crippen molar-refractivity contribution >= 4 is 11.4 Å². The highest BCUT2D eigenvalue weighted by Crippen LogP contribution is 2.22. The Labute approximate surface area is 103 Å². The number of hydrogen-bond acceptors (Lipinski definition) is 4. The topological polar surface area (TPSA) is 62.3 Å². The maximum Gasteiger partial charge on any atom is 0.0670 e. The lowest BCUT2D eigenvalue weighted by Gasteiger charge is -2.27. The van der Waals surface area contributed by atoms with Crippen molar-refractivity contribution < 1.29 is 4.74 Å². The number of methoxy groups -OCH3 is 1. The minimum atomic E-state index is 0.276. The Kier molecular flexibility index (Phi) is 4.80. The van der Waals surface area contributed by atoms with E-state index in [1.165, 1.54) is 0 Å². The molecule has 0 aliphatic carbocycles. The first-order valence-corrected chi connectivity index (χ1v) is 5.57. The first-order valence-electron chi connectivity index (χ1n) is 5.57. The summed E-state index contributed by atoms with van der Waals surface area (Å²) in [6.45, 7) is 2.75. The van der Waals surface area contributed by atoms with Gasteiger partial charge in [-0.05, 0) is 30.7 Å². The maximum atomic E-state index is 8.73. The highest BCUT2D eigenvalue weighted by atomic mass is 16.5. The molecule has 0 saturated carbocycles. The van der Waals surface area contributed by atoms with E-state index >= 15 is 0 Å². The molecule has 92 valence electrons. The smallest absolute Gasteiger partial charge is 0.0670 e. The first-order chi connectivity index (χ1) is 8.10. The third kappa shape index (κ3) is 3.36. The second kappa shape index (κ2) is 6.12. The van der Waals surface area contributed by atoms with Crippen molar-refractivity contribution in [2.75, 3.05) is 31.4 Å². The predicted molar refractivity (Wildman–Crippen MR) is 69.9 cm³/mol. The first kappa shape index (κ1) is 13.3. The Morgan fingerprint density at radius 1 is 1.53 bits per heavy atom. The number of nitrogens with two attached hydrogens (primary N) is 1. The van der Waals surface area contributed by atoms with Gasteiger partial charge in [-0.1, -0.05) is 0 Å². The second-order valence-electron chi connectivity index (χ2n) is 4.13. The summed E-state index contributed by atoms with van der Waals surface area (Å²) in [5.74, 6) is 0. The zero-order chi connectivity index (χ0) is 12.8. The molecule has 0 aliphatic rings. The standard InChI is InChI=1S/C13H19N3O/c1-10(9-17-3)16(2)12-4-5-13(15)11(8-12)6-7-14/h4-5,8,10H,6,9,15H2,1-3H3. The Morgan fingerprint density at radius 3 is 2.82 bits per heavy atom. The van der Waals surface area contributed by atoms with Crippen molar-refractivity contribution in [1.29, 1.82) is 5.26 Å². The molecule has 0 fully saturated rings. The van der Waals surface area contributed by atoms with Gasteiger partial charge >= 0.3 is 0 Å². The lowest BCUT2D eigenvalue weighted by atomic mass is 10.1. The van der Waals surface area contributed by atoms with Crippen LogP contribution in [0.1, 0.15) is 12.5 Å². The van der Waals surface area contributed by atoms with Crippen LogP contribution in [0.25, 0.3) is 0 Å². The summed E-state index contributed by atoms with van der Waals surface area (Å²) >= 11 is 0. The summed E-state index contributed by atoms with van der Waals surface area (Å²) in [5.41, 5.74) is 8.41. The van der Waals surface area contributed by atoms with Crippen molar-refractivity contribution in [2.45, 2.75) is 19.4 Å². The van der Waals surface area contributed by atoms with Crippen LogP contribution in [0.3, 0.4) is 0 Å². The van der Waals surface area contributed by atoms with Crippen LogP contribution < -0.4 is 10.6 Å². The van der Waals surface area contributed by atoms with Gasteiger partial charge in [0, 0.05) is 31.6 Å². The van der Waals surface area contributed by atoms with Crippen molar-refractivity contribution in [3.63, 3.8) is 0 Å². The van der Waals surface area contributed by atoms with E-state index in [9.17, 15) is 0 Å². The molecule has 4 nitrogen and oxygen atoms in total. The fourth-order valence-corrected chi connectivity index (χ4v) is 1.66. The largest absolute Gasteiger partial charge is 0.398 e. The van der Waals surface area contributed by atoms with Gasteiger partial charge < -0.3 is 15.4 Å². The molecule has 17 heavy (non-hydrogen) atoms. The van der Waals surface area contributed by atoms with Gasteiger partial charge in [-0.3, -0.25) is 0 Å². The van der Waals surface area contributed by atoms with Crippen LogP contribution in [0.2, 0.25) is 0 Å². The minimum absolute atomic E-state index is 0.276. The third-order valence-electron chi connectivity index (χ3n) is 2.87. The molecule has 1 rings (SSSR count). The van der Waals surface area contributed by atoms with Gasteiger partial charge in [-0.15, -0.1) is 0 Å². The van der Waals surface area contributed by atoms with Crippen molar-refractivity contribution in [3.8, 4) is 6.07 Å². The van der Waals surface area contributed by atoms with Crippen LogP contribution >= 0.6 is 0 Å². The number of ether oxygens (including phenoxy) is 1. The van der Waals surface area contributed by atoms with E-state index in [1.807, 2.05) is 25.2 Å². The van der Waals surface area contributed by atoms with Gasteiger partial charge in [0.05, 0.1) is 19.1 Å². The fraction of sp³-hybridized carbons (Fsp3) is 0.462. The number of nitrogens with zero attached hydrogens (tertiary/aromatic N) is 2. The SMILES string of the molecule is COCC(C)N(C)c1ccc(N)c(CC#N)c1. The zero-order valence-corrected chi connectivity index (χ0v) is 10.6. The van der Waals surface area contributed by atoms with Gasteiger partial charge in [0.1, 0.15) is 0 Å². The molecule has 1 aromatic rings. The molecule has 0 aromatic heterocycles. The molecule has 2 N–H and O–H groups in total. The number of benzene rings is 1. The highest BCUT2D eigenvalue weighted by Gasteiger charge is 2.11. The lowest BCUT2D eigenvalue weighted by Crippen LogP contribution is -2.32. The van der Waals surface area contributed by atoms with E-state index in [0.29, 0.717) is 18.7 Å². The number of nitriles is 1. The second-order valence-corrected chi connectivity index (χ2v) is 4.13. The van der Waals surface area contributed by atoms with Crippen LogP contribution in [-0.2, 0) is 11.2 Å². The monoisotopic (exact) mass is 233 g/mol. The van der Waals surface area contributed by atoms with Crippen LogP contribution in [0.4, 0.5) is 11.4 Å². The maximum absolute atomic E-state index is 8.73. The van der Waals surface area contributed by atoms with Crippen LogP contribution in [0.5, 0.6) is 0 Å². The van der Waals surface area contributed by atoms with Gasteiger partial charge in [0.25, 0.3) is 0 Å². The molecule has 0 aliphatic heterocycles. The van der Waals surface area contributed by atoms with E-state index in [-0.39, 0.29) is 6.04 Å². The predicted octanol–water partition coefficient (Wildman–Crippen LogP) is 1.81. The molecule has 0 saturated heterocycles. The molecule has 1 unspecified atom stereocenters. The zero-order valence-electron chi connectivity index (χ0n) is 10.6. The van der Waals surface area contributed by atoms with Gasteiger partial charge in [0.2, 0.25) is 0 Å². The average molecular weight is 233 g/mol. The molecular weight excluding hydrogens is 214 g/mol. The third-order valence-corrected chi connectivity index (χ3v) is 2.87. The molecule has 4 heteroatoms. The summed E-state index contributed by atoms with van der Waals surface area (Å²) in [6, 6.07) is 8.17. The van der Waals surface area contributed by atoms with E-state index in [2.05, 4.69) is 17.9 Å². The molecule has 1 atom stereocenters. The van der Waals surface area contributed by atoms with Crippen molar-refractivity contribution in [3.05, 3.63) is 23.8 Å². The average Bonchev–Trinajstić information content (AvgIpc) is 2.31. The summed E-state index contributed by atoms with van der Waals surface area (Å²) in [5, 5.41) is 8.73. The molecule has 0 heterocycles. The van der Waals surface area contributed by atoms with E-state index < -0.39 is 0 Å².